The molecule has 2 aromatic carbocycles. The van der Waals surface area contributed by atoms with Crippen LogP contribution in [0.15, 0.2) is 22.7 Å². The zero-order valence-corrected chi connectivity index (χ0v) is 15.1. The lowest BCUT2D eigenvalue weighted by Crippen LogP contribution is -1.99. The molecule has 0 aliphatic carbocycles. The Balaban J connectivity index is 2.66. The van der Waals surface area contributed by atoms with E-state index in [0.717, 1.165) is 4.47 Å². The summed E-state index contributed by atoms with van der Waals surface area (Å²) >= 11 is 27.7. The van der Waals surface area contributed by atoms with Crippen LogP contribution in [0.1, 0.15) is 11.1 Å². The molecule has 2 rings (SSSR count). The Morgan fingerprint density at radius 2 is 1.55 bits per heavy atom. The van der Waals surface area contributed by atoms with Crippen molar-refractivity contribution < 1.29 is 0 Å². The summed E-state index contributed by atoms with van der Waals surface area (Å²) in [7, 11) is 0. The number of benzene rings is 2. The SMILES string of the molecule is N#Cc1c(Cl)c(Cl)c(Nc2ccc(Br)cc2Cl)c(C#N)c1Cl. The molecule has 0 fully saturated rings. The fourth-order valence-corrected chi connectivity index (χ4v) is 3.22. The Kier molecular flexibility index (Phi) is 5.45. The first-order valence-electron chi connectivity index (χ1n) is 5.63. The van der Waals surface area contributed by atoms with Crippen molar-refractivity contribution >= 4 is 73.7 Å². The summed E-state index contributed by atoms with van der Waals surface area (Å²) in [5.41, 5.74) is 0.687. The van der Waals surface area contributed by atoms with Gasteiger partial charge in [0, 0.05) is 4.47 Å². The van der Waals surface area contributed by atoms with E-state index in [-0.39, 0.29) is 31.9 Å². The molecule has 8 heteroatoms. The van der Waals surface area contributed by atoms with E-state index in [2.05, 4.69) is 21.2 Å². The highest BCUT2D eigenvalue weighted by Gasteiger charge is 2.22. The monoisotopic (exact) mass is 433 g/mol. The topological polar surface area (TPSA) is 59.6 Å². The molecule has 22 heavy (non-hydrogen) atoms. The van der Waals surface area contributed by atoms with Crippen LogP contribution < -0.4 is 5.32 Å². The van der Waals surface area contributed by atoms with Gasteiger partial charge in [0.2, 0.25) is 0 Å². The second kappa shape index (κ2) is 6.96. The standard InChI is InChI=1S/C14H4BrCl4N3/c15-6-1-2-10(9(16)3-6)22-14-8(5-21)11(17)7(4-20)12(18)13(14)19/h1-3,22H. The molecule has 0 saturated carbocycles. The van der Waals surface area contributed by atoms with E-state index in [1.807, 2.05) is 12.1 Å². The van der Waals surface area contributed by atoms with Crippen LogP contribution >= 0.6 is 62.3 Å². The Morgan fingerprint density at radius 1 is 0.909 bits per heavy atom. The van der Waals surface area contributed by atoms with Crippen LogP contribution in [0.3, 0.4) is 0 Å². The van der Waals surface area contributed by atoms with E-state index in [4.69, 9.17) is 51.7 Å². The van der Waals surface area contributed by atoms with Crippen LogP contribution in [-0.2, 0) is 0 Å². The van der Waals surface area contributed by atoms with Crippen molar-refractivity contribution in [2.75, 3.05) is 5.32 Å². The predicted molar refractivity (Wildman–Crippen MR) is 93.3 cm³/mol. The van der Waals surface area contributed by atoms with Gasteiger partial charge in [-0.15, -0.1) is 0 Å². The number of anilines is 2. The Labute approximate surface area is 155 Å². The number of halogens is 5. The van der Waals surface area contributed by atoms with Crippen molar-refractivity contribution in [3.05, 3.63) is 53.9 Å². The van der Waals surface area contributed by atoms with E-state index in [0.29, 0.717) is 10.7 Å². The average molecular weight is 436 g/mol. The van der Waals surface area contributed by atoms with Gasteiger partial charge in [0.15, 0.2) is 0 Å². The van der Waals surface area contributed by atoms with Gasteiger partial charge in [0.05, 0.1) is 42.6 Å². The second-order valence-electron chi connectivity index (χ2n) is 4.04. The molecule has 0 aliphatic rings. The molecule has 0 saturated heterocycles. The third kappa shape index (κ3) is 3.13. The summed E-state index contributed by atoms with van der Waals surface area (Å²) in [6.07, 6.45) is 0. The molecular weight excluding hydrogens is 432 g/mol. The Morgan fingerprint density at radius 3 is 2.09 bits per heavy atom. The fourth-order valence-electron chi connectivity index (χ4n) is 1.71. The van der Waals surface area contributed by atoms with Crippen LogP contribution in [0, 0.1) is 22.7 Å². The Hall–Kier alpha value is -1.14. The molecule has 0 aromatic heterocycles. The van der Waals surface area contributed by atoms with Crippen molar-refractivity contribution in [2.45, 2.75) is 0 Å². The maximum Gasteiger partial charge on any atom is 0.103 e. The molecule has 0 aliphatic heterocycles. The van der Waals surface area contributed by atoms with E-state index in [9.17, 15) is 5.26 Å². The van der Waals surface area contributed by atoms with Gasteiger partial charge >= 0.3 is 0 Å². The summed E-state index contributed by atoms with van der Waals surface area (Å²) in [6.45, 7) is 0. The number of hydrogen-bond donors (Lipinski definition) is 1. The molecular formula is C14H4BrCl4N3. The second-order valence-corrected chi connectivity index (χ2v) is 6.50. The number of nitrogens with zero attached hydrogens (tertiary/aromatic N) is 2. The molecule has 0 bridgehead atoms. The number of hydrogen-bond acceptors (Lipinski definition) is 3. The number of rotatable bonds is 2. The van der Waals surface area contributed by atoms with Crippen LogP contribution in [0.5, 0.6) is 0 Å². The first-order chi connectivity index (χ1) is 10.4. The van der Waals surface area contributed by atoms with Gasteiger partial charge in [0.25, 0.3) is 0 Å². The third-order valence-electron chi connectivity index (χ3n) is 2.74. The van der Waals surface area contributed by atoms with E-state index < -0.39 is 0 Å². The number of nitriles is 2. The molecule has 0 atom stereocenters. The van der Waals surface area contributed by atoms with Gasteiger partial charge in [-0.2, -0.15) is 10.5 Å². The van der Waals surface area contributed by atoms with Crippen molar-refractivity contribution in [1.29, 1.82) is 10.5 Å². The summed E-state index contributed by atoms with van der Waals surface area (Å²) in [6, 6.07) is 8.89. The maximum atomic E-state index is 9.30. The van der Waals surface area contributed by atoms with Gasteiger partial charge in [-0.3, -0.25) is 0 Å². The van der Waals surface area contributed by atoms with E-state index in [1.165, 1.54) is 0 Å². The lowest BCUT2D eigenvalue weighted by Gasteiger charge is -2.15. The van der Waals surface area contributed by atoms with Gasteiger partial charge in [0.1, 0.15) is 12.1 Å². The first kappa shape index (κ1) is 17.2. The number of nitrogens with one attached hydrogen (secondary N) is 1. The molecule has 110 valence electrons. The van der Waals surface area contributed by atoms with Crippen LogP contribution in [0.4, 0.5) is 11.4 Å². The van der Waals surface area contributed by atoms with Crippen molar-refractivity contribution in [3.8, 4) is 12.1 Å². The summed E-state index contributed by atoms with van der Waals surface area (Å²) in [4.78, 5) is 0. The normalized spacial score (nSPS) is 9.95. The lowest BCUT2D eigenvalue weighted by atomic mass is 10.1. The third-order valence-corrected chi connectivity index (χ3v) is 4.77. The Bertz CT molecular complexity index is 853. The van der Waals surface area contributed by atoms with Gasteiger partial charge in [-0.05, 0) is 18.2 Å². The maximum absolute atomic E-state index is 9.30. The van der Waals surface area contributed by atoms with Crippen molar-refractivity contribution in [3.63, 3.8) is 0 Å². The van der Waals surface area contributed by atoms with Crippen LogP contribution in [0.2, 0.25) is 20.1 Å². The minimum absolute atomic E-state index is 0.0200. The van der Waals surface area contributed by atoms with Gasteiger partial charge < -0.3 is 5.32 Å². The highest BCUT2D eigenvalue weighted by molar-refractivity contribution is 9.10. The predicted octanol–water partition coefficient (Wildman–Crippen LogP) is 6.55. The summed E-state index contributed by atoms with van der Waals surface area (Å²) < 4.78 is 0.797. The largest absolute Gasteiger partial charge is 0.352 e. The minimum atomic E-state index is -0.0601. The minimum Gasteiger partial charge on any atom is -0.352 e. The highest BCUT2D eigenvalue weighted by Crippen LogP contribution is 2.43. The lowest BCUT2D eigenvalue weighted by molar-refractivity contribution is 1.43. The van der Waals surface area contributed by atoms with Crippen LogP contribution in [0.25, 0.3) is 0 Å². The molecule has 0 radical (unpaired) electrons. The van der Waals surface area contributed by atoms with Crippen molar-refractivity contribution in [1.82, 2.24) is 0 Å². The zero-order chi connectivity index (χ0) is 16.4. The molecule has 2 aromatic rings. The molecule has 0 spiro atoms. The quantitative estimate of drug-likeness (QED) is 0.544. The average Bonchev–Trinajstić information content (AvgIpc) is 2.48. The highest BCUT2D eigenvalue weighted by atomic mass is 79.9. The summed E-state index contributed by atoms with van der Waals surface area (Å²) in [5, 5.41) is 21.7. The van der Waals surface area contributed by atoms with E-state index >= 15 is 0 Å². The molecule has 0 heterocycles. The van der Waals surface area contributed by atoms with Gasteiger partial charge in [-0.1, -0.05) is 62.3 Å². The molecule has 0 unspecified atom stereocenters. The van der Waals surface area contributed by atoms with Gasteiger partial charge in [-0.25, -0.2) is 0 Å². The molecule has 0 amide bonds. The zero-order valence-electron chi connectivity index (χ0n) is 10.5. The smallest absolute Gasteiger partial charge is 0.103 e. The molecule has 3 nitrogen and oxygen atoms in total. The van der Waals surface area contributed by atoms with E-state index in [1.54, 1.807) is 18.2 Å². The van der Waals surface area contributed by atoms with Crippen molar-refractivity contribution in [2.24, 2.45) is 0 Å². The molecule has 1 N–H and O–H groups in total. The summed E-state index contributed by atoms with van der Waals surface area (Å²) in [5.74, 6) is 0. The van der Waals surface area contributed by atoms with Crippen LogP contribution in [-0.4, -0.2) is 0 Å². The first-order valence-corrected chi connectivity index (χ1v) is 7.94. The fraction of sp³-hybridized carbons (Fsp3) is 0.